The predicted octanol–water partition coefficient (Wildman–Crippen LogP) is 5.71. The Morgan fingerprint density at radius 3 is 2.00 bits per heavy atom. The summed E-state index contributed by atoms with van der Waals surface area (Å²) in [5.41, 5.74) is 5.01. The third-order valence-electron chi connectivity index (χ3n) is 9.11. The summed E-state index contributed by atoms with van der Waals surface area (Å²) >= 11 is 0. The van der Waals surface area contributed by atoms with E-state index in [2.05, 4.69) is 53.6 Å². The number of rotatable bonds is 10. The van der Waals surface area contributed by atoms with Gasteiger partial charge in [0.05, 0.1) is 18.1 Å². The molecule has 0 saturated carbocycles. The Bertz CT molecular complexity index is 1300. The number of piperidine rings is 1. The number of hydrogen-bond donors (Lipinski definition) is 2. The van der Waals surface area contributed by atoms with Gasteiger partial charge >= 0.3 is 0 Å². The molecule has 2 aromatic rings. The largest absolute Gasteiger partial charge is 0.343 e. The van der Waals surface area contributed by atoms with E-state index in [4.69, 9.17) is 0 Å². The van der Waals surface area contributed by atoms with Crippen molar-refractivity contribution in [3.8, 4) is 11.1 Å². The number of nitrogens with zero attached hydrogens (tertiary/aromatic N) is 2. The van der Waals surface area contributed by atoms with E-state index in [1.54, 1.807) is 18.9 Å². The number of benzene rings is 2. The van der Waals surface area contributed by atoms with Crippen molar-refractivity contribution in [2.45, 2.75) is 97.9 Å². The predicted molar refractivity (Wildman–Crippen MR) is 173 cm³/mol. The first-order chi connectivity index (χ1) is 20.4. The van der Waals surface area contributed by atoms with Crippen molar-refractivity contribution in [3.63, 3.8) is 0 Å². The molecule has 7 nitrogen and oxygen atoms in total. The van der Waals surface area contributed by atoms with Gasteiger partial charge in [-0.15, -0.1) is 0 Å². The number of carbonyl (C=O) groups excluding carboxylic acids is 3. The normalized spacial score (nSPS) is 18.8. The zero-order chi connectivity index (χ0) is 31.4. The number of fused-ring (bicyclic) bond motifs is 3. The van der Waals surface area contributed by atoms with Crippen molar-refractivity contribution in [1.82, 2.24) is 20.4 Å². The lowest BCUT2D eigenvalue weighted by Gasteiger charge is -2.39. The van der Waals surface area contributed by atoms with Gasteiger partial charge in [0, 0.05) is 18.7 Å². The summed E-state index contributed by atoms with van der Waals surface area (Å²) < 4.78 is 0. The molecule has 4 rings (SSSR count). The van der Waals surface area contributed by atoms with E-state index in [1.807, 2.05) is 58.0 Å². The minimum Gasteiger partial charge on any atom is -0.343 e. The Labute approximate surface area is 258 Å². The van der Waals surface area contributed by atoms with Crippen LogP contribution in [-0.2, 0) is 14.4 Å². The number of hydrogen-bond acceptors (Lipinski definition) is 4. The van der Waals surface area contributed by atoms with Gasteiger partial charge in [-0.1, -0.05) is 88.7 Å². The lowest BCUT2D eigenvalue weighted by atomic mass is 9.95. The topological polar surface area (TPSA) is 81.8 Å². The molecule has 2 unspecified atom stereocenters. The van der Waals surface area contributed by atoms with Crippen LogP contribution in [0.5, 0.6) is 0 Å². The van der Waals surface area contributed by atoms with Gasteiger partial charge in [0.1, 0.15) is 6.04 Å². The number of amides is 3. The minimum atomic E-state index is -0.649. The second-order valence-corrected chi connectivity index (χ2v) is 13.2. The fourth-order valence-electron chi connectivity index (χ4n) is 6.62. The maximum atomic E-state index is 13.9. The molecular formula is C36H50N4O3. The maximum Gasteiger partial charge on any atom is 0.247 e. The fourth-order valence-corrected chi connectivity index (χ4v) is 6.62. The molecule has 0 aromatic heterocycles. The summed E-state index contributed by atoms with van der Waals surface area (Å²) in [5.74, 6) is -0.403. The van der Waals surface area contributed by atoms with E-state index >= 15 is 0 Å². The molecule has 3 atom stereocenters. The third-order valence-corrected chi connectivity index (χ3v) is 9.11. The van der Waals surface area contributed by atoms with E-state index in [-0.39, 0.29) is 53.7 Å². The first kappa shape index (κ1) is 32.5. The second-order valence-electron chi connectivity index (χ2n) is 13.2. The van der Waals surface area contributed by atoms with Crippen molar-refractivity contribution >= 4 is 17.7 Å². The van der Waals surface area contributed by atoms with Crippen LogP contribution in [0.15, 0.2) is 60.2 Å². The SMILES string of the molecule is C/C(=C\[C@H](C(C)C)N(C)C(=O)C(NC(=O)C1CCCCN1C(C)C)C(C)C)C(=O)NC1c2ccccc2-c2ccccc21. The molecule has 7 heteroatoms. The Hall–Kier alpha value is -3.45. The van der Waals surface area contributed by atoms with E-state index < -0.39 is 6.04 Å². The van der Waals surface area contributed by atoms with Gasteiger partial charge in [0.25, 0.3) is 0 Å². The number of nitrogens with one attached hydrogen (secondary N) is 2. The maximum absolute atomic E-state index is 13.9. The Balaban J connectivity index is 1.50. The van der Waals surface area contributed by atoms with Crippen LogP contribution >= 0.6 is 0 Å². The second kappa shape index (κ2) is 13.9. The summed E-state index contributed by atoms with van der Waals surface area (Å²) in [6, 6.07) is 15.2. The molecule has 2 aliphatic rings. The molecule has 2 N–H and O–H groups in total. The van der Waals surface area contributed by atoms with Crippen LogP contribution in [0.2, 0.25) is 0 Å². The Kier molecular flexibility index (Phi) is 10.5. The zero-order valence-corrected chi connectivity index (χ0v) is 27.2. The summed E-state index contributed by atoms with van der Waals surface area (Å²) in [6.07, 6.45) is 4.80. The average Bonchev–Trinajstić information content (AvgIpc) is 3.30. The summed E-state index contributed by atoms with van der Waals surface area (Å²) in [7, 11) is 1.78. The van der Waals surface area contributed by atoms with Crippen LogP contribution in [0.1, 0.15) is 84.9 Å². The van der Waals surface area contributed by atoms with E-state index in [0.717, 1.165) is 48.1 Å². The Morgan fingerprint density at radius 2 is 1.47 bits per heavy atom. The third kappa shape index (κ3) is 7.04. The molecule has 1 fully saturated rings. The van der Waals surface area contributed by atoms with Gasteiger partial charge < -0.3 is 15.5 Å². The van der Waals surface area contributed by atoms with Gasteiger partial charge in [-0.05, 0) is 74.2 Å². The van der Waals surface area contributed by atoms with Crippen molar-refractivity contribution < 1.29 is 14.4 Å². The molecule has 3 amide bonds. The molecule has 1 heterocycles. The highest BCUT2D eigenvalue weighted by Gasteiger charge is 2.36. The summed E-state index contributed by atoms with van der Waals surface area (Å²) in [4.78, 5) is 44.9. The smallest absolute Gasteiger partial charge is 0.247 e. The van der Waals surface area contributed by atoms with Gasteiger partial charge in [-0.2, -0.15) is 0 Å². The highest BCUT2D eigenvalue weighted by atomic mass is 16.2. The molecule has 43 heavy (non-hydrogen) atoms. The molecule has 232 valence electrons. The van der Waals surface area contributed by atoms with Crippen molar-refractivity contribution in [2.75, 3.05) is 13.6 Å². The Morgan fingerprint density at radius 1 is 0.884 bits per heavy atom. The van der Waals surface area contributed by atoms with Crippen LogP contribution in [0.4, 0.5) is 0 Å². The first-order valence-electron chi connectivity index (χ1n) is 15.9. The standard InChI is InChI=1S/C36H50N4O3/c1-22(2)31(39(8)36(43)32(23(3)4)37-35(42)30-19-13-14-20-40(30)24(5)6)21-25(7)34(41)38-33-28-17-11-9-15-26(28)27-16-10-12-18-29(27)33/h9-12,15-18,21-24,30-33H,13-14,19-20H2,1-8H3,(H,37,42)(H,38,41)/b25-21+/t30?,31-,32?/m1/s1. The lowest BCUT2D eigenvalue weighted by Crippen LogP contribution is -2.58. The highest BCUT2D eigenvalue weighted by molar-refractivity contribution is 5.95. The van der Waals surface area contributed by atoms with Crippen molar-refractivity contribution in [1.29, 1.82) is 0 Å². The summed E-state index contributed by atoms with van der Waals surface area (Å²) in [5, 5.41) is 6.36. The van der Waals surface area contributed by atoms with Crippen LogP contribution < -0.4 is 10.6 Å². The van der Waals surface area contributed by atoms with Gasteiger partial charge in [-0.25, -0.2) is 0 Å². The molecule has 1 saturated heterocycles. The average molecular weight is 587 g/mol. The number of likely N-dealkylation sites (N-methyl/N-ethyl adjacent to an activating group) is 1. The number of likely N-dealkylation sites (tertiary alicyclic amines) is 1. The lowest BCUT2D eigenvalue weighted by molar-refractivity contribution is -0.140. The quantitative estimate of drug-likeness (QED) is 0.350. The molecule has 0 radical (unpaired) electrons. The first-order valence-corrected chi connectivity index (χ1v) is 15.9. The van der Waals surface area contributed by atoms with Gasteiger partial charge in [0.15, 0.2) is 0 Å². The van der Waals surface area contributed by atoms with E-state index in [1.165, 1.54) is 0 Å². The molecular weight excluding hydrogens is 536 g/mol. The van der Waals surface area contributed by atoms with Crippen LogP contribution in [0.25, 0.3) is 11.1 Å². The molecule has 0 spiro atoms. The molecule has 1 aliphatic carbocycles. The number of carbonyl (C=O) groups is 3. The molecule has 0 bridgehead atoms. The monoisotopic (exact) mass is 586 g/mol. The van der Waals surface area contributed by atoms with Crippen molar-refractivity contribution in [2.24, 2.45) is 11.8 Å². The van der Waals surface area contributed by atoms with Crippen molar-refractivity contribution in [3.05, 3.63) is 71.3 Å². The zero-order valence-electron chi connectivity index (χ0n) is 27.2. The highest BCUT2D eigenvalue weighted by Crippen LogP contribution is 2.43. The fraction of sp³-hybridized carbons (Fsp3) is 0.528. The van der Waals surface area contributed by atoms with Crippen LogP contribution in [0.3, 0.4) is 0 Å². The summed E-state index contributed by atoms with van der Waals surface area (Å²) in [6.45, 7) is 15.0. The van der Waals surface area contributed by atoms with Gasteiger partial charge in [-0.3, -0.25) is 19.3 Å². The van der Waals surface area contributed by atoms with Gasteiger partial charge in [0.2, 0.25) is 17.7 Å². The van der Waals surface area contributed by atoms with E-state index in [0.29, 0.717) is 5.57 Å². The van der Waals surface area contributed by atoms with Crippen LogP contribution in [-0.4, -0.2) is 65.3 Å². The van der Waals surface area contributed by atoms with Crippen LogP contribution in [0, 0.1) is 11.8 Å². The van der Waals surface area contributed by atoms with E-state index in [9.17, 15) is 14.4 Å². The minimum absolute atomic E-state index is 0.0583. The molecule has 2 aromatic carbocycles. The molecule has 1 aliphatic heterocycles.